The van der Waals surface area contributed by atoms with Crippen LogP contribution in [0.25, 0.3) is 0 Å². The Hall–Kier alpha value is -4.19. The van der Waals surface area contributed by atoms with Crippen molar-refractivity contribution in [3.63, 3.8) is 0 Å². The first-order valence-corrected chi connectivity index (χ1v) is 11.0. The maximum Gasteiger partial charge on any atom is 0.529 e. The van der Waals surface area contributed by atoms with E-state index in [1.54, 1.807) is 20.8 Å². The molecule has 2 aromatic rings. The molecule has 1 N–H and O–H groups in total. The number of esters is 1. The fraction of sp³-hybridized carbons (Fsp3) is 0.280. The van der Waals surface area contributed by atoms with Crippen molar-refractivity contribution >= 4 is 29.7 Å². The highest BCUT2D eigenvalue weighted by Gasteiger charge is 2.46. The number of aliphatic imine (C=N–C) groups is 1. The lowest BCUT2D eigenvalue weighted by atomic mass is 10.2. The van der Waals surface area contributed by atoms with Crippen molar-refractivity contribution < 1.29 is 42.1 Å². The first kappa shape index (κ1) is 27.4. The summed E-state index contributed by atoms with van der Waals surface area (Å²) in [6, 6.07) is 6.25. The quantitative estimate of drug-likeness (QED) is 0.235. The number of nitrogens with zero attached hydrogens (tertiary/aromatic N) is 3. The van der Waals surface area contributed by atoms with E-state index in [4.69, 9.17) is 9.47 Å². The molecule has 0 bridgehead atoms. The molecule has 0 aliphatic carbocycles. The van der Waals surface area contributed by atoms with Gasteiger partial charge >= 0.3 is 18.2 Å². The molecule has 1 aliphatic rings. The molecule has 12 heteroatoms. The molecule has 2 aromatic carbocycles. The van der Waals surface area contributed by atoms with Gasteiger partial charge in [-0.15, -0.1) is 4.48 Å². The number of quaternary nitrogens is 1. The Morgan fingerprint density at radius 3 is 2.24 bits per heavy atom. The number of hydrogen-bond acceptors (Lipinski definition) is 6. The second kappa shape index (κ2) is 10.4. The van der Waals surface area contributed by atoms with Crippen molar-refractivity contribution in [2.24, 2.45) is 4.99 Å². The van der Waals surface area contributed by atoms with E-state index in [1.165, 1.54) is 48.6 Å². The number of benzene rings is 2. The number of ether oxygens (including phenoxy) is 2. The summed E-state index contributed by atoms with van der Waals surface area (Å²) in [5, 5.41) is 10.1. The van der Waals surface area contributed by atoms with Crippen LogP contribution in [0.3, 0.4) is 0 Å². The molecule has 1 heterocycles. The SMILES string of the molecule is CN(CCC1=NC=C[N+]1(C(=O)O)c1ccc(OC(=O)c2c(F)ccc(F)c2F)cc1)C(=O)OC(C)(C)C. The van der Waals surface area contributed by atoms with Gasteiger partial charge in [-0.2, -0.15) is 4.79 Å². The molecule has 196 valence electrons. The number of amides is 2. The summed E-state index contributed by atoms with van der Waals surface area (Å²) < 4.78 is 50.6. The smallest absolute Gasteiger partial charge is 0.444 e. The standard InChI is InChI=1S/C25H24F3N3O6/c1-25(2,3)37-23(33)30(4)13-11-19-29-12-14-31(19,24(34)35)15-5-7-16(8-6-15)36-22(32)20-17(26)9-10-18(27)21(20)28/h5-10,12,14H,11,13H2,1-4H3/p+1. The lowest BCUT2D eigenvalue weighted by Crippen LogP contribution is -2.52. The maximum atomic E-state index is 13.9. The van der Waals surface area contributed by atoms with E-state index in [0.717, 1.165) is 0 Å². The van der Waals surface area contributed by atoms with E-state index in [1.807, 2.05) is 0 Å². The zero-order chi connectivity index (χ0) is 27.5. The van der Waals surface area contributed by atoms with Gasteiger partial charge in [-0.3, -0.25) is 0 Å². The van der Waals surface area contributed by atoms with Crippen molar-refractivity contribution in [1.29, 1.82) is 0 Å². The number of amidine groups is 1. The fourth-order valence-electron chi connectivity index (χ4n) is 3.48. The summed E-state index contributed by atoms with van der Waals surface area (Å²) >= 11 is 0. The third-order valence-corrected chi connectivity index (χ3v) is 5.30. The van der Waals surface area contributed by atoms with E-state index in [2.05, 4.69) is 4.99 Å². The zero-order valence-corrected chi connectivity index (χ0v) is 20.5. The summed E-state index contributed by atoms with van der Waals surface area (Å²) in [6.07, 6.45) is 0.861. The Kier molecular flexibility index (Phi) is 7.72. The molecular formula is C25H25F3N3O6+. The predicted octanol–water partition coefficient (Wildman–Crippen LogP) is 5.45. The Bertz CT molecular complexity index is 1290. The summed E-state index contributed by atoms with van der Waals surface area (Å²) in [5.74, 6) is -5.82. The molecule has 1 unspecified atom stereocenters. The number of rotatable bonds is 6. The molecule has 0 saturated carbocycles. The molecule has 0 fully saturated rings. The van der Waals surface area contributed by atoms with Gasteiger partial charge in [0.2, 0.25) is 5.84 Å². The normalized spacial score (nSPS) is 16.8. The van der Waals surface area contributed by atoms with Crippen LogP contribution in [0.1, 0.15) is 37.6 Å². The predicted molar refractivity (Wildman–Crippen MR) is 128 cm³/mol. The van der Waals surface area contributed by atoms with Gasteiger partial charge in [0, 0.05) is 25.7 Å². The maximum absolute atomic E-state index is 13.9. The van der Waals surface area contributed by atoms with Gasteiger partial charge in [-0.05, 0) is 45.0 Å². The van der Waals surface area contributed by atoms with Crippen molar-refractivity contribution in [3.05, 3.63) is 71.8 Å². The second-order valence-electron chi connectivity index (χ2n) is 9.10. The number of halogens is 3. The van der Waals surface area contributed by atoms with Gasteiger partial charge in [0.1, 0.15) is 28.9 Å². The molecule has 1 aliphatic heterocycles. The largest absolute Gasteiger partial charge is 0.529 e. The summed E-state index contributed by atoms with van der Waals surface area (Å²) in [5.41, 5.74) is -1.69. The molecule has 0 saturated heterocycles. The lowest BCUT2D eigenvalue weighted by molar-refractivity contribution is 0.0302. The Balaban J connectivity index is 1.78. The minimum absolute atomic E-state index is 0.0872. The van der Waals surface area contributed by atoms with Gasteiger partial charge in [0.05, 0.1) is 12.6 Å². The van der Waals surface area contributed by atoms with Gasteiger partial charge in [0.25, 0.3) is 0 Å². The highest BCUT2D eigenvalue weighted by atomic mass is 19.2. The van der Waals surface area contributed by atoms with Gasteiger partial charge in [-0.25, -0.2) is 27.8 Å². The average Bonchev–Trinajstić information content (AvgIpc) is 3.24. The van der Waals surface area contributed by atoms with E-state index in [9.17, 15) is 32.7 Å². The first-order valence-electron chi connectivity index (χ1n) is 11.0. The molecule has 2 amide bonds. The van der Waals surface area contributed by atoms with Crippen LogP contribution in [-0.4, -0.2) is 53.2 Å². The number of carbonyl (C=O) groups excluding carboxylic acids is 2. The van der Waals surface area contributed by atoms with Crippen LogP contribution in [-0.2, 0) is 4.74 Å². The third kappa shape index (κ3) is 5.80. The Morgan fingerprint density at radius 1 is 1.03 bits per heavy atom. The van der Waals surface area contributed by atoms with Crippen molar-refractivity contribution in [1.82, 2.24) is 9.38 Å². The lowest BCUT2D eigenvalue weighted by Gasteiger charge is -2.28. The number of carboxylic acid groups (broad SMARTS) is 1. The zero-order valence-electron chi connectivity index (χ0n) is 20.5. The molecular weight excluding hydrogens is 495 g/mol. The average molecular weight is 520 g/mol. The first-order chi connectivity index (χ1) is 17.3. The van der Waals surface area contributed by atoms with E-state index in [0.29, 0.717) is 12.1 Å². The highest BCUT2D eigenvalue weighted by Crippen LogP contribution is 2.32. The fourth-order valence-corrected chi connectivity index (χ4v) is 3.48. The van der Waals surface area contributed by atoms with Crippen LogP contribution >= 0.6 is 0 Å². The minimum atomic E-state index is -1.68. The second-order valence-corrected chi connectivity index (χ2v) is 9.10. The number of carbonyl (C=O) groups is 3. The van der Waals surface area contributed by atoms with Crippen LogP contribution in [0, 0.1) is 17.5 Å². The highest BCUT2D eigenvalue weighted by molar-refractivity contribution is 6.11. The Labute approximate surface area is 210 Å². The van der Waals surface area contributed by atoms with Crippen molar-refractivity contribution in [2.75, 3.05) is 13.6 Å². The van der Waals surface area contributed by atoms with E-state index < -0.39 is 51.3 Å². The number of hydrogen-bond donors (Lipinski definition) is 1. The summed E-state index contributed by atoms with van der Waals surface area (Å²) in [7, 11) is 1.51. The molecule has 37 heavy (non-hydrogen) atoms. The third-order valence-electron chi connectivity index (χ3n) is 5.30. The van der Waals surface area contributed by atoms with E-state index >= 15 is 0 Å². The monoisotopic (exact) mass is 520 g/mol. The summed E-state index contributed by atoms with van der Waals surface area (Å²) in [6.45, 7) is 5.29. The van der Waals surface area contributed by atoms with Crippen LogP contribution in [0.15, 0.2) is 53.8 Å². The molecule has 0 aromatic heterocycles. The summed E-state index contributed by atoms with van der Waals surface area (Å²) in [4.78, 5) is 42.3. The molecule has 0 spiro atoms. The van der Waals surface area contributed by atoms with Crippen LogP contribution < -0.4 is 9.22 Å². The van der Waals surface area contributed by atoms with Gasteiger partial charge in [-0.1, -0.05) is 0 Å². The van der Waals surface area contributed by atoms with Crippen LogP contribution in [0.2, 0.25) is 0 Å². The molecule has 3 rings (SSSR count). The van der Waals surface area contributed by atoms with E-state index in [-0.39, 0.29) is 30.2 Å². The topological polar surface area (TPSA) is 106 Å². The Morgan fingerprint density at radius 2 is 1.65 bits per heavy atom. The van der Waals surface area contributed by atoms with Crippen molar-refractivity contribution in [3.8, 4) is 5.75 Å². The molecule has 9 nitrogen and oxygen atoms in total. The van der Waals surface area contributed by atoms with Crippen LogP contribution in [0.4, 0.5) is 28.4 Å². The minimum Gasteiger partial charge on any atom is -0.444 e. The van der Waals surface area contributed by atoms with Crippen molar-refractivity contribution in [2.45, 2.75) is 32.8 Å². The van der Waals surface area contributed by atoms with Gasteiger partial charge < -0.3 is 19.5 Å². The van der Waals surface area contributed by atoms with Gasteiger partial charge in [0.15, 0.2) is 17.3 Å². The van der Waals surface area contributed by atoms with Crippen LogP contribution in [0.5, 0.6) is 5.75 Å². The molecule has 0 radical (unpaired) electrons. The molecule has 1 atom stereocenters.